The maximum absolute atomic E-state index is 14.7. The standard InChI is InChI=1S/C27H26FN7O/c1-3-4-9-21-17-35(25-18(2)8-7-12-24(25)28)27(36)34(21)16-20-14-13-19(15-29-20)22-10-5-6-11-23(22)26-30-32-33-31-26/h5-8,10-15,17H,3-4,9,16H2,1-2H3,(H,30,31,32,33). The number of nitrogens with zero attached hydrogens (tertiary/aromatic N) is 6. The maximum atomic E-state index is 14.7. The molecule has 5 aromatic rings. The molecule has 9 heteroatoms. The van der Waals surface area contributed by atoms with E-state index < -0.39 is 5.82 Å². The second-order valence-corrected chi connectivity index (χ2v) is 8.70. The highest BCUT2D eigenvalue weighted by atomic mass is 19.1. The van der Waals surface area contributed by atoms with Crippen molar-refractivity contribution in [2.24, 2.45) is 0 Å². The second kappa shape index (κ2) is 10.1. The Balaban J connectivity index is 1.49. The molecule has 0 spiro atoms. The van der Waals surface area contributed by atoms with Crippen molar-refractivity contribution < 1.29 is 4.39 Å². The number of aromatic amines is 1. The third kappa shape index (κ3) is 4.47. The predicted octanol–water partition coefficient (Wildman–Crippen LogP) is 4.72. The van der Waals surface area contributed by atoms with Crippen LogP contribution in [0.3, 0.4) is 0 Å². The van der Waals surface area contributed by atoms with Crippen molar-refractivity contribution in [1.82, 2.24) is 34.7 Å². The SMILES string of the molecule is CCCCc1cn(-c2c(C)cccc2F)c(=O)n1Cc1ccc(-c2ccccc2-c2nnn[nH]2)cn1. The first-order chi connectivity index (χ1) is 17.6. The molecule has 36 heavy (non-hydrogen) atoms. The lowest BCUT2D eigenvalue weighted by Gasteiger charge is -2.09. The lowest BCUT2D eigenvalue weighted by Crippen LogP contribution is -2.26. The van der Waals surface area contributed by atoms with Gasteiger partial charge in [0.25, 0.3) is 0 Å². The Morgan fingerprint density at radius 2 is 1.86 bits per heavy atom. The van der Waals surface area contributed by atoms with Crippen molar-refractivity contribution >= 4 is 0 Å². The first-order valence-electron chi connectivity index (χ1n) is 11.9. The zero-order valence-corrected chi connectivity index (χ0v) is 20.1. The Labute approximate surface area is 207 Å². The molecule has 182 valence electrons. The molecule has 0 saturated carbocycles. The maximum Gasteiger partial charge on any atom is 0.333 e. The van der Waals surface area contributed by atoms with Gasteiger partial charge in [-0.05, 0) is 53.5 Å². The van der Waals surface area contributed by atoms with E-state index in [2.05, 4.69) is 32.5 Å². The molecule has 2 aromatic carbocycles. The van der Waals surface area contributed by atoms with E-state index >= 15 is 0 Å². The molecule has 8 nitrogen and oxygen atoms in total. The van der Waals surface area contributed by atoms with Crippen LogP contribution in [0.4, 0.5) is 4.39 Å². The molecule has 0 amide bonds. The van der Waals surface area contributed by atoms with Crippen LogP contribution in [0.1, 0.15) is 36.7 Å². The summed E-state index contributed by atoms with van der Waals surface area (Å²) < 4.78 is 17.8. The number of nitrogens with one attached hydrogen (secondary N) is 1. The number of tetrazole rings is 1. The molecule has 0 unspecified atom stereocenters. The van der Waals surface area contributed by atoms with Gasteiger partial charge >= 0.3 is 5.69 Å². The zero-order valence-electron chi connectivity index (χ0n) is 20.1. The smallest absolute Gasteiger partial charge is 0.290 e. The van der Waals surface area contributed by atoms with Gasteiger partial charge < -0.3 is 0 Å². The minimum Gasteiger partial charge on any atom is -0.290 e. The van der Waals surface area contributed by atoms with Crippen LogP contribution in [0.25, 0.3) is 28.2 Å². The van der Waals surface area contributed by atoms with Crippen LogP contribution >= 0.6 is 0 Å². The van der Waals surface area contributed by atoms with E-state index in [0.717, 1.165) is 47.3 Å². The molecule has 3 aromatic heterocycles. The average Bonchev–Trinajstić information content (AvgIpc) is 3.53. The number of para-hydroxylation sites is 1. The van der Waals surface area contributed by atoms with Crippen molar-refractivity contribution in [3.05, 3.63) is 100 Å². The number of hydrogen-bond acceptors (Lipinski definition) is 5. The summed E-state index contributed by atoms with van der Waals surface area (Å²) in [5.74, 6) is 0.158. The summed E-state index contributed by atoms with van der Waals surface area (Å²) in [5, 5.41) is 14.2. The van der Waals surface area contributed by atoms with Crippen LogP contribution in [0.5, 0.6) is 0 Å². The minimum atomic E-state index is -0.417. The summed E-state index contributed by atoms with van der Waals surface area (Å²) in [6, 6.07) is 16.5. The molecule has 3 heterocycles. The van der Waals surface area contributed by atoms with Gasteiger partial charge in [-0.15, -0.1) is 5.10 Å². The van der Waals surface area contributed by atoms with Crippen molar-refractivity contribution in [3.63, 3.8) is 0 Å². The van der Waals surface area contributed by atoms with Gasteiger partial charge in [0.05, 0.1) is 17.9 Å². The van der Waals surface area contributed by atoms with Crippen LogP contribution in [-0.4, -0.2) is 34.7 Å². The van der Waals surface area contributed by atoms with Crippen LogP contribution < -0.4 is 5.69 Å². The first kappa shape index (κ1) is 23.3. The number of rotatable bonds is 8. The fourth-order valence-electron chi connectivity index (χ4n) is 4.40. The number of unbranched alkanes of at least 4 members (excludes halogenated alkanes) is 1. The van der Waals surface area contributed by atoms with Gasteiger partial charge in [0.15, 0.2) is 5.82 Å². The summed E-state index contributed by atoms with van der Waals surface area (Å²) in [7, 11) is 0. The fourth-order valence-corrected chi connectivity index (χ4v) is 4.40. The van der Waals surface area contributed by atoms with E-state index in [1.54, 1.807) is 36.0 Å². The molecular weight excluding hydrogens is 457 g/mol. The topological polar surface area (TPSA) is 94.3 Å². The van der Waals surface area contributed by atoms with Gasteiger partial charge in [-0.2, -0.15) is 0 Å². The van der Waals surface area contributed by atoms with Crippen LogP contribution in [-0.2, 0) is 13.0 Å². The van der Waals surface area contributed by atoms with Gasteiger partial charge in [0, 0.05) is 29.2 Å². The lowest BCUT2D eigenvalue weighted by molar-refractivity contribution is 0.610. The largest absolute Gasteiger partial charge is 0.333 e. The highest BCUT2D eigenvalue weighted by Crippen LogP contribution is 2.29. The van der Waals surface area contributed by atoms with E-state index in [9.17, 15) is 9.18 Å². The number of halogens is 1. The molecule has 0 aliphatic carbocycles. The quantitative estimate of drug-likeness (QED) is 0.345. The number of H-pyrrole nitrogens is 1. The summed E-state index contributed by atoms with van der Waals surface area (Å²) in [4.78, 5) is 18.1. The molecule has 1 N–H and O–H groups in total. The molecule has 0 radical (unpaired) electrons. The third-order valence-electron chi connectivity index (χ3n) is 6.26. The van der Waals surface area contributed by atoms with Gasteiger partial charge in [0.1, 0.15) is 5.82 Å². The first-order valence-corrected chi connectivity index (χ1v) is 11.9. The molecule has 0 saturated heterocycles. The van der Waals surface area contributed by atoms with Gasteiger partial charge in [-0.1, -0.05) is 55.8 Å². The number of aryl methyl sites for hydroxylation is 2. The van der Waals surface area contributed by atoms with Gasteiger partial charge in [-0.25, -0.2) is 14.3 Å². The minimum absolute atomic E-state index is 0.275. The number of imidazole rings is 1. The van der Waals surface area contributed by atoms with Crippen molar-refractivity contribution in [1.29, 1.82) is 0 Å². The Hall–Kier alpha value is -4.40. The normalized spacial score (nSPS) is 11.2. The monoisotopic (exact) mass is 483 g/mol. The predicted molar refractivity (Wildman–Crippen MR) is 135 cm³/mol. The molecule has 0 atom stereocenters. The zero-order chi connectivity index (χ0) is 25.1. The second-order valence-electron chi connectivity index (χ2n) is 8.70. The molecule has 0 fully saturated rings. The third-order valence-corrected chi connectivity index (χ3v) is 6.26. The van der Waals surface area contributed by atoms with Crippen LogP contribution in [0.15, 0.2) is 71.8 Å². The number of pyridine rings is 1. The van der Waals surface area contributed by atoms with E-state index in [0.29, 0.717) is 23.6 Å². The summed E-state index contributed by atoms with van der Waals surface area (Å²) in [5.41, 5.74) is 5.04. The molecule has 0 aliphatic heterocycles. The summed E-state index contributed by atoms with van der Waals surface area (Å²) in [6.45, 7) is 4.21. The van der Waals surface area contributed by atoms with E-state index in [1.165, 1.54) is 10.6 Å². The van der Waals surface area contributed by atoms with Gasteiger partial charge in [0.2, 0.25) is 0 Å². The van der Waals surface area contributed by atoms with Crippen molar-refractivity contribution in [2.75, 3.05) is 0 Å². The number of hydrogen-bond donors (Lipinski definition) is 1. The molecular formula is C27H26FN7O. The lowest BCUT2D eigenvalue weighted by atomic mass is 10.0. The highest BCUT2D eigenvalue weighted by Gasteiger charge is 2.17. The van der Waals surface area contributed by atoms with E-state index in [4.69, 9.17) is 0 Å². The number of benzene rings is 2. The Bertz CT molecular complexity index is 1520. The van der Waals surface area contributed by atoms with Crippen molar-refractivity contribution in [2.45, 2.75) is 39.7 Å². The van der Waals surface area contributed by atoms with E-state index in [-0.39, 0.29) is 5.69 Å². The average molecular weight is 484 g/mol. The van der Waals surface area contributed by atoms with Crippen molar-refractivity contribution in [3.8, 4) is 28.2 Å². The van der Waals surface area contributed by atoms with E-state index in [1.807, 2.05) is 36.4 Å². The fraction of sp³-hybridized carbons (Fsp3) is 0.222. The highest BCUT2D eigenvalue weighted by molar-refractivity contribution is 5.79. The molecule has 0 bridgehead atoms. The Kier molecular flexibility index (Phi) is 6.53. The van der Waals surface area contributed by atoms with Gasteiger partial charge in [-0.3, -0.25) is 14.1 Å². The van der Waals surface area contributed by atoms with Crippen LogP contribution in [0, 0.1) is 12.7 Å². The Morgan fingerprint density at radius 1 is 1.03 bits per heavy atom. The summed E-state index contributed by atoms with van der Waals surface area (Å²) in [6.07, 6.45) is 6.19. The Morgan fingerprint density at radius 3 is 2.56 bits per heavy atom. The van der Waals surface area contributed by atoms with Crippen LogP contribution in [0.2, 0.25) is 0 Å². The molecule has 5 rings (SSSR count). The molecule has 0 aliphatic rings. The summed E-state index contributed by atoms with van der Waals surface area (Å²) >= 11 is 0. The number of aromatic nitrogens is 7.